The van der Waals surface area contributed by atoms with Crippen molar-refractivity contribution in [2.45, 2.75) is 27.2 Å². The molecule has 0 saturated carbocycles. The Morgan fingerprint density at radius 1 is 1.24 bits per heavy atom. The highest BCUT2D eigenvalue weighted by atomic mass is 79.9. The molecule has 0 radical (unpaired) electrons. The highest BCUT2D eigenvalue weighted by Crippen LogP contribution is 2.27. The lowest BCUT2D eigenvalue weighted by molar-refractivity contribution is 0.620. The minimum absolute atomic E-state index is 0.275. The van der Waals surface area contributed by atoms with Gasteiger partial charge in [0, 0.05) is 24.0 Å². The van der Waals surface area contributed by atoms with Crippen LogP contribution < -0.4 is 10.6 Å². The van der Waals surface area contributed by atoms with E-state index in [0.717, 1.165) is 29.8 Å². The van der Waals surface area contributed by atoms with Crippen molar-refractivity contribution in [2.24, 2.45) is 0 Å². The third kappa shape index (κ3) is 3.91. The number of rotatable bonds is 5. The summed E-state index contributed by atoms with van der Waals surface area (Å²) in [6.45, 7) is 6.69. The van der Waals surface area contributed by atoms with Crippen molar-refractivity contribution in [3.8, 4) is 0 Å². The number of nitrogens with one attached hydrogen (secondary N) is 2. The Balaban J connectivity index is 2.28. The highest BCUT2D eigenvalue weighted by Gasteiger charge is 2.09. The third-order valence-electron chi connectivity index (χ3n) is 3.03. The Labute approximate surface area is 132 Å². The van der Waals surface area contributed by atoms with E-state index in [0.29, 0.717) is 16.2 Å². The molecule has 0 aliphatic rings. The van der Waals surface area contributed by atoms with Crippen molar-refractivity contribution >= 4 is 33.4 Å². The molecule has 1 heterocycles. The summed E-state index contributed by atoms with van der Waals surface area (Å²) in [4.78, 5) is 8.70. The van der Waals surface area contributed by atoms with Crippen molar-refractivity contribution in [1.29, 1.82) is 0 Å². The summed E-state index contributed by atoms with van der Waals surface area (Å²) in [5, 5.41) is 6.39. The molecular weight excluding hydrogens is 335 g/mol. The van der Waals surface area contributed by atoms with Crippen LogP contribution in [0.25, 0.3) is 0 Å². The summed E-state index contributed by atoms with van der Waals surface area (Å²) in [5.74, 6) is 1.02. The fourth-order valence-electron chi connectivity index (χ4n) is 1.80. The average Bonchev–Trinajstić information content (AvgIpc) is 2.45. The van der Waals surface area contributed by atoms with Crippen LogP contribution in [0.4, 0.5) is 21.8 Å². The summed E-state index contributed by atoms with van der Waals surface area (Å²) in [5.41, 5.74) is 2.56. The maximum Gasteiger partial charge on any atom is 0.224 e. The van der Waals surface area contributed by atoms with E-state index < -0.39 is 0 Å². The number of hydrogen-bond donors (Lipinski definition) is 2. The smallest absolute Gasteiger partial charge is 0.224 e. The summed E-state index contributed by atoms with van der Waals surface area (Å²) in [7, 11) is 0. The molecule has 6 heteroatoms. The van der Waals surface area contributed by atoms with Gasteiger partial charge in [-0.25, -0.2) is 9.37 Å². The van der Waals surface area contributed by atoms with Crippen molar-refractivity contribution in [1.82, 2.24) is 9.97 Å². The first kappa shape index (κ1) is 15.7. The Hall–Kier alpha value is -1.69. The molecule has 1 aromatic carbocycles. The van der Waals surface area contributed by atoms with E-state index in [-0.39, 0.29) is 5.82 Å². The lowest BCUT2D eigenvalue weighted by Gasteiger charge is -2.13. The SMILES string of the molecule is CCCNc1ncc(C)c(Nc2cc(Br)c(F)cc2C)n1. The van der Waals surface area contributed by atoms with E-state index in [2.05, 4.69) is 43.5 Å². The molecule has 4 nitrogen and oxygen atoms in total. The number of hydrogen-bond acceptors (Lipinski definition) is 4. The largest absolute Gasteiger partial charge is 0.354 e. The van der Waals surface area contributed by atoms with Crippen molar-refractivity contribution < 1.29 is 4.39 Å². The second kappa shape index (κ2) is 6.85. The lowest BCUT2D eigenvalue weighted by Crippen LogP contribution is -2.07. The van der Waals surface area contributed by atoms with Crippen LogP contribution in [-0.4, -0.2) is 16.5 Å². The summed E-state index contributed by atoms with van der Waals surface area (Å²) < 4.78 is 13.9. The van der Waals surface area contributed by atoms with E-state index in [1.807, 2.05) is 13.8 Å². The van der Waals surface area contributed by atoms with Gasteiger partial charge in [0.2, 0.25) is 5.95 Å². The fraction of sp³-hybridized carbons (Fsp3) is 0.333. The van der Waals surface area contributed by atoms with Crippen LogP contribution in [0.2, 0.25) is 0 Å². The first-order chi connectivity index (χ1) is 10.0. The molecule has 0 amide bonds. The average molecular weight is 353 g/mol. The highest BCUT2D eigenvalue weighted by molar-refractivity contribution is 9.10. The third-order valence-corrected chi connectivity index (χ3v) is 3.63. The zero-order valence-electron chi connectivity index (χ0n) is 12.3. The first-order valence-corrected chi connectivity index (χ1v) is 7.60. The van der Waals surface area contributed by atoms with Gasteiger partial charge in [0.05, 0.1) is 4.47 Å². The fourth-order valence-corrected chi connectivity index (χ4v) is 2.14. The number of halogens is 2. The predicted molar refractivity (Wildman–Crippen MR) is 87.7 cm³/mol. The molecule has 0 aliphatic heterocycles. The number of aryl methyl sites for hydroxylation is 2. The number of anilines is 3. The van der Waals surface area contributed by atoms with Gasteiger partial charge in [-0.3, -0.25) is 0 Å². The van der Waals surface area contributed by atoms with E-state index >= 15 is 0 Å². The van der Waals surface area contributed by atoms with Crippen molar-refractivity contribution in [2.75, 3.05) is 17.2 Å². The van der Waals surface area contributed by atoms with Crippen LogP contribution in [0.5, 0.6) is 0 Å². The molecule has 0 fully saturated rings. The number of aromatic nitrogens is 2. The van der Waals surface area contributed by atoms with E-state index in [1.54, 1.807) is 12.3 Å². The molecule has 0 atom stereocenters. The van der Waals surface area contributed by atoms with Crippen LogP contribution in [-0.2, 0) is 0 Å². The molecular formula is C15H18BrFN4. The van der Waals surface area contributed by atoms with Crippen LogP contribution in [0.3, 0.4) is 0 Å². The van der Waals surface area contributed by atoms with Gasteiger partial charge in [0.1, 0.15) is 11.6 Å². The zero-order valence-corrected chi connectivity index (χ0v) is 13.9. The maximum atomic E-state index is 13.5. The monoisotopic (exact) mass is 352 g/mol. The van der Waals surface area contributed by atoms with Crippen LogP contribution >= 0.6 is 15.9 Å². The van der Waals surface area contributed by atoms with Crippen LogP contribution in [0.15, 0.2) is 22.8 Å². The second-order valence-electron chi connectivity index (χ2n) is 4.86. The summed E-state index contributed by atoms with van der Waals surface area (Å²) in [6.07, 6.45) is 2.77. The van der Waals surface area contributed by atoms with Gasteiger partial charge in [0.25, 0.3) is 0 Å². The second-order valence-corrected chi connectivity index (χ2v) is 5.71. The quantitative estimate of drug-likeness (QED) is 0.827. The molecule has 112 valence electrons. The summed E-state index contributed by atoms with van der Waals surface area (Å²) in [6, 6.07) is 3.20. The Morgan fingerprint density at radius 3 is 2.71 bits per heavy atom. The molecule has 2 aromatic rings. The Morgan fingerprint density at radius 2 is 2.00 bits per heavy atom. The first-order valence-electron chi connectivity index (χ1n) is 6.81. The molecule has 0 saturated heterocycles. The lowest BCUT2D eigenvalue weighted by atomic mass is 10.2. The molecule has 2 N–H and O–H groups in total. The summed E-state index contributed by atoms with van der Waals surface area (Å²) >= 11 is 3.20. The van der Waals surface area contributed by atoms with Gasteiger partial charge in [-0.1, -0.05) is 6.92 Å². The van der Waals surface area contributed by atoms with Gasteiger partial charge in [0.15, 0.2) is 0 Å². The van der Waals surface area contributed by atoms with E-state index in [4.69, 9.17) is 0 Å². The minimum Gasteiger partial charge on any atom is -0.354 e. The molecule has 2 rings (SSSR count). The molecule has 0 spiro atoms. The van der Waals surface area contributed by atoms with Crippen molar-refractivity contribution in [3.63, 3.8) is 0 Å². The van der Waals surface area contributed by atoms with Crippen LogP contribution in [0.1, 0.15) is 24.5 Å². The van der Waals surface area contributed by atoms with Gasteiger partial charge in [-0.15, -0.1) is 0 Å². The number of benzene rings is 1. The van der Waals surface area contributed by atoms with Gasteiger partial charge in [-0.2, -0.15) is 4.98 Å². The molecule has 1 aromatic heterocycles. The molecule has 21 heavy (non-hydrogen) atoms. The minimum atomic E-state index is -0.275. The van der Waals surface area contributed by atoms with Gasteiger partial charge in [-0.05, 0) is 53.9 Å². The molecule has 0 bridgehead atoms. The van der Waals surface area contributed by atoms with Gasteiger partial charge < -0.3 is 10.6 Å². The van der Waals surface area contributed by atoms with Crippen LogP contribution in [0, 0.1) is 19.7 Å². The van der Waals surface area contributed by atoms with Crippen molar-refractivity contribution in [3.05, 3.63) is 39.7 Å². The molecule has 0 unspecified atom stereocenters. The Bertz CT molecular complexity index is 646. The normalized spacial score (nSPS) is 10.5. The number of nitrogens with zero attached hydrogens (tertiary/aromatic N) is 2. The molecule has 0 aliphatic carbocycles. The topological polar surface area (TPSA) is 49.8 Å². The maximum absolute atomic E-state index is 13.5. The predicted octanol–water partition coefficient (Wildman–Crippen LogP) is 4.56. The van der Waals surface area contributed by atoms with E-state index in [9.17, 15) is 4.39 Å². The Kier molecular flexibility index (Phi) is 5.12. The van der Waals surface area contributed by atoms with Gasteiger partial charge >= 0.3 is 0 Å². The standard InChI is InChI=1S/C15H18BrFN4/c1-4-5-18-15-19-8-10(3)14(21-15)20-13-7-11(16)12(17)6-9(13)2/h6-8H,4-5H2,1-3H3,(H2,18,19,20,21). The van der Waals surface area contributed by atoms with E-state index in [1.165, 1.54) is 6.07 Å². The zero-order chi connectivity index (χ0) is 15.4.